The molecule has 4 nitrogen and oxygen atoms in total. The van der Waals surface area contributed by atoms with Gasteiger partial charge in [0.05, 0.1) is 12.2 Å². The van der Waals surface area contributed by atoms with Gasteiger partial charge in [0.2, 0.25) is 0 Å². The molecule has 0 amide bonds. The molecule has 5 heteroatoms. The topological polar surface area (TPSA) is 58.3 Å². The van der Waals surface area contributed by atoms with Gasteiger partial charge < -0.3 is 14.9 Å². The number of aliphatic hydroxyl groups is 1. The zero-order chi connectivity index (χ0) is 15.1. The minimum Gasteiger partial charge on any atom is -0.384 e. The second-order valence-electron chi connectivity index (χ2n) is 5.25. The van der Waals surface area contributed by atoms with E-state index in [4.69, 9.17) is 9.63 Å². The van der Waals surface area contributed by atoms with E-state index in [-0.39, 0.29) is 6.61 Å². The van der Waals surface area contributed by atoms with Crippen LogP contribution in [0, 0.1) is 17.8 Å². The van der Waals surface area contributed by atoms with Crippen LogP contribution in [-0.4, -0.2) is 16.9 Å². The molecule has 0 bridgehead atoms. The lowest BCUT2D eigenvalue weighted by molar-refractivity contribution is 0.350. The number of thiophene rings is 1. The Kier molecular flexibility index (Phi) is 6.00. The number of rotatable bonds is 6. The third kappa shape index (κ3) is 5.35. The Morgan fingerprint density at radius 2 is 2.24 bits per heavy atom. The van der Waals surface area contributed by atoms with E-state index in [9.17, 15) is 0 Å². The Bertz CT molecular complexity index is 620. The summed E-state index contributed by atoms with van der Waals surface area (Å²) < 4.78 is 5.30. The van der Waals surface area contributed by atoms with Crippen molar-refractivity contribution in [2.75, 3.05) is 6.61 Å². The van der Waals surface area contributed by atoms with Crippen LogP contribution in [0.25, 0.3) is 0 Å². The lowest BCUT2D eigenvalue weighted by Crippen LogP contribution is -2.11. The fourth-order valence-electron chi connectivity index (χ4n) is 1.94. The fourth-order valence-corrected chi connectivity index (χ4v) is 2.73. The van der Waals surface area contributed by atoms with Gasteiger partial charge in [0, 0.05) is 28.4 Å². The number of hydrogen-bond acceptors (Lipinski definition) is 5. The van der Waals surface area contributed by atoms with Crippen molar-refractivity contribution in [3.05, 3.63) is 39.4 Å². The number of aromatic nitrogens is 1. The van der Waals surface area contributed by atoms with E-state index < -0.39 is 0 Å². The molecule has 0 aliphatic rings. The van der Waals surface area contributed by atoms with Crippen molar-refractivity contribution in [2.24, 2.45) is 5.92 Å². The number of nitrogens with zero attached hydrogens (tertiary/aromatic N) is 1. The highest BCUT2D eigenvalue weighted by Gasteiger charge is 2.06. The molecule has 0 aliphatic carbocycles. The maximum absolute atomic E-state index is 8.66. The molecule has 0 saturated carbocycles. The molecule has 0 unspecified atom stereocenters. The molecule has 0 fully saturated rings. The van der Waals surface area contributed by atoms with Crippen molar-refractivity contribution >= 4 is 11.3 Å². The summed E-state index contributed by atoms with van der Waals surface area (Å²) in [4.78, 5) is 1.21. The maximum atomic E-state index is 8.66. The zero-order valence-corrected chi connectivity index (χ0v) is 13.2. The first-order valence-corrected chi connectivity index (χ1v) is 7.87. The summed E-state index contributed by atoms with van der Waals surface area (Å²) in [6, 6.07) is 4.05. The van der Waals surface area contributed by atoms with Crippen molar-refractivity contribution < 1.29 is 9.63 Å². The van der Waals surface area contributed by atoms with Crippen LogP contribution < -0.4 is 5.32 Å². The molecular weight excluding hydrogens is 284 g/mol. The molecule has 2 N–H and O–H groups in total. The second kappa shape index (κ2) is 7.99. The van der Waals surface area contributed by atoms with E-state index in [1.807, 2.05) is 17.5 Å². The summed E-state index contributed by atoms with van der Waals surface area (Å²) in [5, 5.41) is 18.1. The van der Waals surface area contributed by atoms with Crippen LogP contribution in [0.15, 0.2) is 22.0 Å². The molecule has 2 aromatic heterocycles. The van der Waals surface area contributed by atoms with Crippen molar-refractivity contribution in [1.29, 1.82) is 0 Å². The summed E-state index contributed by atoms with van der Waals surface area (Å²) >= 11 is 1.66. The smallest absolute Gasteiger partial charge is 0.150 e. The van der Waals surface area contributed by atoms with E-state index in [1.165, 1.54) is 4.88 Å². The monoisotopic (exact) mass is 304 g/mol. The molecule has 2 rings (SSSR count). The Labute approximate surface area is 129 Å². The molecule has 0 aliphatic heterocycles. The first-order valence-electron chi connectivity index (χ1n) is 6.99. The van der Waals surface area contributed by atoms with Gasteiger partial charge in [-0.05, 0) is 18.4 Å². The zero-order valence-electron chi connectivity index (χ0n) is 12.3. The van der Waals surface area contributed by atoms with Gasteiger partial charge in [-0.15, -0.1) is 11.3 Å². The summed E-state index contributed by atoms with van der Waals surface area (Å²) in [6.45, 7) is 5.67. The Hall–Kier alpha value is -1.61. The maximum Gasteiger partial charge on any atom is 0.150 e. The average molecular weight is 304 g/mol. The SMILES string of the molecule is CC(C)Cc1cc(CNCc2cc(C#CCO)cs2)on1. The van der Waals surface area contributed by atoms with Crippen molar-refractivity contribution in [1.82, 2.24) is 10.5 Å². The molecule has 2 aromatic rings. The van der Waals surface area contributed by atoms with Gasteiger partial charge in [-0.25, -0.2) is 0 Å². The van der Waals surface area contributed by atoms with Gasteiger partial charge in [0.25, 0.3) is 0 Å². The first-order chi connectivity index (χ1) is 10.2. The number of nitrogens with one attached hydrogen (secondary N) is 1. The van der Waals surface area contributed by atoms with Crippen LogP contribution in [-0.2, 0) is 19.5 Å². The highest BCUT2D eigenvalue weighted by atomic mass is 32.1. The van der Waals surface area contributed by atoms with E-state index >= 15 is 0 Å². The van der Waals surface area contributed by atoms with Gasteiger partial charge >= 0.3 is 0 Å². The Morgan fingerprint density at radius 3 is 3.00 bits per heavy atom. The summed E-state index contributed by atoms with van der Waals surface area (Å²) in [5.74, 6) is 6.99. The number of aliphatic hydroxyl groups excluding tert-OH is 1. The molecule has 0 aromatic carbocycles. The van der Waals surface area contributed by atoms with Crippen molar-refractivity contribution in [2.45, 2.75) is 33.4 Å². The molecular formula is C16H20N2O2S. The normalized spacial score (nSPS) is 10.7. The van der Waals surface area contributed by atoms with Crippen LogP contribution in [0.3, 0.4) is 0 Å². The highest BCUT2D eigenvalue weighted by Crippen LogP contribution is 2.14. The van der Waals surface area contributed by atoms with Crippen LogP contribution in [0.1, 0.15) is 35.7 Å². The minimum atomic E-state index is -0.104. The molecule has 0 radical (unpaired) electrons. The van der Waals surface area contributed by atoms with Crippen LogP contribution in [0.2, 0.25) is 0 Å². The van der Waals surface area contributed by atoms with Crippen molar-refractivity contribution in [3.8, 4) is 11.8 Å². The van der Waals surface area contributed by atoms with E-state index in [0.717, 1.165) is 30.0 Å². The van der Waals surface area contributed by atoms with Crippen LogP contribution in [0.4, 0.5) is 0 Å². The molecule has 0 saturated heterocycles. The summed E-state index contributed by atoms with van der Waals surface area (Å²) in [6.07, 6.45) is 0.946. The minimum absolute atomic E-state index is 0.104. The van der Waals surface area contributed by atoms with Crippen molar-refractivity contribution in [3.63, 3.8) is 0 Å². The van der Waals surface area contributed by atoms with E-state index in [2.05, 4.69) is 36.2 Å². The fraction of sp³-hybridized carbons (Fsp3) is 0.438. The largest absolute Gasteiger partial charge is 0.384 e. The van der Waals surface area contributed by atoms with Crippen LogP contribution in [0.5, 0.6) is 0 Å². The second-order valence-corrected chi connectivity index (χ2v) is 6.24. The summed E-state index contributed by atoms with van der Waals surface area (Å²) in [7, 11) is 0. The molecule has 2 heterocycles. The lowest BCUT2D eigenvalue weighted by Gasteiger charge is -1.98. The third-order valence-corrected chi connectivity index (χ3v) is 3.73. The Morgan fingerprint density at radius 1 is 1.38 bits per heavy atom. The van der Waals surface area contributed by atoms with Gasteiger partial charge in [0.15, 0.2) is 5.76 Å². The molecule has 0 atom stereocenters. The summed E-state index contributed by atoms with van der Waals surface area (Å²) in [5.41, 5.74) is 1.96. The quantitative estimate of drug-likeness (QED) is 0.805. The van der Waals surface area contributed by atoms with Gasteiger partial charge in [0.1, 0.15) is 6.61 Å². The predicted octanol–water partition coefficient (Wildman–Crippen LogP) is 2.57. The standard InChI is InChI=1S/C16H20N2O2S/c1-12(2)6-14-8-15(20-18-14)9-17-10-16-7-13(11-21-16)4-3-5-19/h7-8,11-12,17,19H,5-6,9-10H2,1-2H3. The van der Waals surface area contributed by atoms with Gasteiger partial charge in [-0.1, -0.05) is 30.8 Å². The molecule has 112 valence electrons. The average Bonchev–Trinajstić information content (AvgIpc) is 3.06. The molecule has 0 spiro atoms. The first kappa shape index (κ1) is 15.8. The Balaban J connectivity index is 1.78. The number of hydrogen-bond donors (Lipinski definition) is 2. The van der Waals surface area contributed by atoms with Gasteiger partial charge in [-0.3, -0.25) is 0 Å². The van der Waals surface area contributed by atoms with E-state index in [1.54, 1.807) is 11.3 Å². The van der Waals surface area contributed by atoms with Gasteiger partial charge in [-0.2, -0.15) is 0 Å². The highest BCUT2D eigenvalue weighted by molar-refractivity contribution is 7.10. The van der Waals surface area contributed by atoms with Crippen LogP contribution >= 0.6 is 11.3 Å². The van der Waals surface area contributed by atoms with E-state index in [0.29, 0.717) is 12.5 Å². The third-order valence-electron chi connectivity index (χ3n) is 2.79. The molecule has 21 heavy (non-hydrogen) atoms. The predicted molar refractivity (Wildman–Crippen MR) is 83.9 cm³/mol. The lowest BCUT2D eigenvalue weighted by atomic mass is 10.1.